The van der Waals surface area contributed by atoms with Crippen molar-refractivity contribution < 1.29 is 14.5 Å². The maximum atomic E-state index is 11.8. The third-order valence-electron chi connectivity index (χ3n) is 3.23. The monoisotopic (exact) mass is 279 g/mol. The Hall–Kier alpha value is -2.15. The van der Waals surface area contributed by atoms with E-state index >= 15 is 0 Å². The highest BCUT2D eigenvalue weighted by atomic mass is 16.6. The Morgan fingerprint density at radius 3 is 2.95 bits per heavy atom. The lowest BCUT2D eigenvalue weighted by Gasteiger charge is -2.17. The fraction of sp³-hybridized carbons (Fsp3) is 0.462. The average Bonchev–Trinajstić information content (AvgIpc) is 2.64. The van der Waals surface area contributed by atoms with Crippen LogP contribution < -0.4 is 15.8 Å². The number of rotatable bonds is 4. The SMILES string of the molecule is NCc1cc([N+](=O)[O-])ccc1OC1CCCCNC1=O. The van der Waals surface area contributed by atoms with Gasteiger partial charge in [-0.25, -0.2) is 0 Å². The maximum Gasteiger partial charge on any atom is 0.270 e. The van der Waals surface area contributed by atoms with E-state index in [9.17, 15) is 14.9 Å². The molecule has 1 aromatic carbocycles. The summed E-state index contributed by atoms with van der Waals surface area (Å²) >= 11 is 0. The van der Waals surface area contributed by atoms with Crippen molar-refractivity contribution in [3.05, 3.63) is 33.9 Å². The number of nitrogens with one attached hydrogen (secondary N) is 1. The number of amides is 1. The average molecular weight is 279 g/mol. The quantitative estimate of drug-likeness (QED) is 0.634. The highest BCUT2D eigenvalue weighted by Crippen LogP contribution is 2.26. The molecule has 0 spiro atoms. The summed E-state index contributed by atoms with van der Waals surface area (Å²) < 4.78 is 5.69. The maximum absolute atomic E-state index is 11.8. The predicted octanol–water partition coefficient (Wildman–Crippen LogP) is 1.10. The van der Waals surface area contributed by atoms with Crippen LogP contribution in [0.25, 0.3) is 0 Å². The molecule has 1 heterocycles. The van der Waals surface area contributed by atoms with Crippen molar-refractivity contribution in [2.75, 3.05) is 6.54 Å². The molecule has 1 aromatic rings. The lowest BCUT2D eigenvalue weighted by Crippen LogP contribution is -2.36. The van der Waals surface area contributed by atoms with E-state index in [1.54, 1.807) is 0 Å². The van der Waals surface area contributed by atoms with Gasteiger partial charge in [-0.15, -0.1) is 0 Å². The van der Waals surface area contributed by atoms with Gasteiger partial charge in [-0.3, -0.25) is 14.9 Å². The zero-order valence-corrected chi connectivity index (χ0v) is 11.0. The van der Waals surface area contributed by atoms with Crippen molar-refractivity contribution in [2.45, 2.75) is 31.9 Å². The summed E-state index contributed by atoms with van der Waals surface area (Å²) in [5, 5.41) is 13.5. The van der Waals surface area contributed by atoms with Gasteiger partial charge in [-0.2, -0.15) is 0 Å². The third-order valence-corrected chi connectivity index (χ3v) is 3.23. The zero-order chi connectivity index (χ0) is 14.5. The third kappa shape index (κ3) is 3.24. The number of nitrogens with two attached hydrogens (primary N) is 1. The number of ether oxygens (including phenoxy) is 1. The lowest BCUT2D eigenvalue weighted by molar-refractivity contribution is -0.384. The van der Waals surface area contributed by atoms with Gasteiger partial charge >= 0.3 is 0 Å². The molecule has 0 bridgehead atoms. The van der Waals surface area contributed by atoms with Crippen molar-refractivity contribution in [2.24, 2.45) is 5.73 Å². The van der Waals surface area contributed by atoms with Crippen LogP contribution in [0.5, 0.6) is 5.75 Å². The molecule has 20 heavy (non-hydrogen) atoms. The van der Waals surface area contributed by atoms with E-state index in [4.69, 9.17) is 10.5 Å². The molecule has 3 N–H and O–H groups in total. The van der Waals surface area contributed by atoms with Gasteiger partial charge in [0.05, 0.1) is 4.92 Å². The van der Waals surface area contributed by atoms with Crippen molar-refractivity contribution >= 4 is 11.6 Å². The summed E-state index contributed by atoms with van der Waals surface area (Å²) in [5.74, 6) is 0.281. The second kappa shape index (κ2) is 6.33. The molecule has 0 radical (unpaired) electrons. The Morgan fingerprint density at radius 1 is 1.45 bits per heavy atom. The summed E-state index contributed by atoms with van der Waals surface area (Å²) in [6, 6.07) is 4.23. The second-order valence-corrected chi connectivity index (χ2v) is 4.65. The van der Waals surface area contributed by atoms with E-state index in [0.29, 0.717) is 24.3 Å². The van der Waals surface area contributed by atoms with Crippen LogP contribution in [0.1, 0.15) is 24.8 Å². The van der Waals surface area contributed by atoms with E-state index in [0.717, 1.165) is 12.8 Å². The molecule has 1 unspecified atom stereocenters. The summed E-state index contributed by atoms with van der Waals surface area (Å²) in [4.78, 5) is 22.1. The number of hydrogen-bond donors (Lipinski definition) is 2. The van der Waals surface area contributed by atoms with E-state index in [-0.39, 0.29) is 18.1 Å². The number of non-ortho nitro benzene ring substituents is 1. The number of nitro groups is 1. The molecule has 1 amide bonds. The summed E-state index contributed by atoms with van der Waals surface area (Å²) in [7, 11) is 0. The fourth-order valence-electron chi connectivity index (χ4n) is 2.13. The van der Waals surface area contributed by atoms with Crippen molar-refractivity contribution in [3.8, 4) is 5.75 Å². The topological polar surface area (TPSA) is 107 Å². The molecule has 108 valence electrons. The van der Waals surface area contributed by atoms with Crippen LogP contribution in [-0.4, -0.2) is 23.5 Å². The number of nitrogens with zero attached hydrogens (tertiary/aromatic N) is 1. The minimum Gasteiger partial charge on any atom is -0.480 e. The Labute approximate surface area is 116 Å². The smallest absolute Gasteiger partial charge is 0.270 e. The Morgan fingerprint density at radius 2 is 2.25 bits per heavy atom. The van der Waals surface area contributed by atoms with Crippen LogP contribution in [0.15, 0.2) is 18.2 Å². The number of nitro benzene ring substituents is 1. The fourth-order valence-corrected chi connectivity index (χ4v) is 2.13. The van der Waals surface area contributed by atoms with Gasteiger partial charge in [0.1, 0.15) is 5.75 Å². The largest absolute Gasteiger partial charge is 0.480 e. The standard InChI is InChI=1S/C13H17N3O4/c14-8-9-7-10(16(18)19)4-5-11(9)20-12-3-1-2-6-15-13(12)17/h4-5,7,12H,1-3,6,8,14H2,(H,15,17). The first-order chi connectivity index (χ1) is 9.61. The van der Waals surface area contributed by atoms with E-state index < -0.39 is 11.0 Å². The van der Waals surface area contributed by atoms with Crippen LogP contribution in [-0.2, 0) is 11.3 Å². The van der Waals surface area contributed by atoms with Gasteiger partial charge in [0.15, 0.2) is 6.10 Å². The highest BCUT2D eigenvalue weighted by molar-refractivity contribution is 5.81. The first-order valence-electron chi connectivity index (χ1n) is 6.53. The molecule has 2 rings (SSSR count). The number of carbonyl (C=O) groups is 1. The minimum absolute atomic E-state index is 0.0388. The van der Waals surface area contributed by atoms with Gasteiger partial charge < -0.3 is 15.8 Å². The normalized spacial score (nSPS) is 19.1. The van der Waals surface area contributed by atoms with Crippen LogP contribution in [0.3, 0.4) is 0 Å². The van der Waals surface area contributed by atoms with Crippen LogP contribution in [0, 0.1) is 10.1 Å². The summed E-state index contributed by atoms with van der Waals surface area (Å²) in [6.45, 7) is 0.772. The molecule has 0 aromatic heterocycles. The Kier molecular flexibility index (Phi) is 4.52. The first-order valence-corrected chi connectivity index (χ1v) is 6.53. The van der Waals surface area contributed by atoms with Crippen LogP contribution in [0.4, 0.5) is 5.69 Å². The molecule has 1 fully saturated rings. The van der Waals surface area contributed by atoms with Crippen LogP contribution >= 0.6 is 0 Å². The van der Waals surface area contributed by atoms with Gasteiger partial charge in [-0.05, 0) is 25.3 Å². The highest BCUT2D eigenvalue weighted by Gasteiger charge is 2.23. The molecular formula is C13H17N3O4. The van der Waals surface area contributed by atoms with Crippen molar-refractivity contribution in [3.63, 3.8) is 0 Å². The molecule has 0 saturated carbocycles. The van der Waals surface area contributed by atoms with E-state index in [1.807, 2.05) is 0 Å². The minimum atomic E-state index is -0.566. The molecule has 0 aliphatic carbocycles. The molecule has 1 aliphatic heterocycles. The summed E-state index contributed by atoms with van der Waals surface area (Å²) in [5.41, 5.74) is 6.07. The van der Waals surface area contributed by atoms with Gasteiger partial charge in [0.2, 0.25) is 0 Å². The van der Waals surface area contributed by atoms with Gasteiger partial charge in [0.25, 0.3) is 11.6 Å². The Bertz CT molecular complexity index is 518. The molecule has 7 heteroatoms. The van der Waals surface area contributed by atoms with Crippen LogP contribution in [0.2, 0.25) is 0 Å². The van der Waals surface area contributed by atoms with Crippen molar-refractivity contribution in [1.82, 2.24) is 5.32 Å². The van der Waals surface area contributed by atoms with Gasteiger partial charge in [-0.1, -0.05) is 0 Å². The number of carbonyl (C=O) groups excluding carboxylic acids is 1. The lowest BCUT2D eigenvalue weighted by atomic mass is 10.1. The molecule has 1 aliphatic rings. The first kappa shape index (κ1) is 14.3. The number of hydrogen-bond acceptors (Lipinski definition) is 5. The molecule has 1 saturated heterocycles. The Balaban J connectivity index is 2.19. The van der Waals surface area contributed by atoms with Crippen molar-refractivity contribution in [1.29, 1.82) is 0 Å². The molecule has 1 atom stereocenters. The molecular weight excluding hydrogens is 262 g/mol. The van der Waals surface area contributed by atoms with E-state index in [2.05, 4.69) is 5.32 Å². The second-order valence-electron chi connectivity index (χ2n) is 4.65. The van der Waals surface area contributed by atoms with Gasteiger partial charge in [0, 0.05) is 30.8 Å². The molecule has 7 nitrogen and oxygen atoms in total. The summed E-state index contributed by atoms with van der Waals surface area (Å²) in [6.07, 6.45) is 1.89. The zero-order valence-electron chi connectivity index (χ0n) is 11.0. The number of benzene rings is 1. The van der Waals surface area contributed by atoms with E-state index in [1.165, 1.54) is 18.2 Å². The predicted molar refractivity (Wildman–Crippen MR) is 72.3 cm³/mol.